The Kier molecular flexibility index (Phi) is 2.07. The molecule has 0 atom stereocenters. The van der Waals surface area contributed by atoms with E-state index >= 15 is 0 Å². The zero-order valence-electron chi connectivity index (χ0n) is 7.68. The van der Waals surface area contributed by atoms with Crippen LogP contribution in [0.5, 0.6) is 0 Å². The standard InChI is InChI=1S/C9H11N3O2/c1-6(9(13)14)8-5-12(11-10-8)4-7-2-3-7/h5,7H,1-4H2,(H,13,14). The van der Waals surface area contributed by atoms with Gasteiger partial charge in [-0.3, -0.25) is 4.68 Å². The van der Waals surface area contributed by atoms with Crippen LogP contribution in [-0.2, 0) is 11.3 Å². The molecule has 0 aliphatic heterocycles. The number of aromatic nitrogens is 3. The predicted octanol–water partition coefficient (Wildman–Crippen LogP) is 0.786. The van der Waals surface area contributed by atoms with E-state index in [-0.39, 0.29) is 5.57 Å². The predicted molar refractivity (Wildman–Crippen MR) is 49.4 cm³/mol. The van der Waals surface area contributed by atoms with Crippen LogP contribution in [0.3, 0.4) is 0 Å². The Morgan fingerprint density at radius 3 is 3.00 bits per heavy atom. The first-order valence-electron chi connectivity index (χ1n) is 4.49. The Balaban J connectivity index is 2.08. The maximum Gasteiger partial charge on any atom is 0.337 e. The number of carbonyl (C=O) groups is 1. The molecule has 0 saturated heterocycles. The smallest absolute Gasteiger partial charge is 0.337 e. The molecule has 1 fully saturated rings. The molecule has 2 rings (SSSR count). The lowest BCUT2D eigenvalue weighted by atomic mass is 10.2. The van der Waals surface area contributed by atoms with E-state index in [4.69, 9.17) is 5.11 Å². The second-order valence-electron chi connectivity index (χ2n) is 3.55. The van der Waals surface area contributed by atoms with Gasteiger partial charge in [0.1, 0.15) is 5.69 Å². The molecule has 0 aromatic carbocycles. The minimum absolute atomic E-state index is 0.00736. The third-order valence-electron chi connectivity index (χ3n) is 2.25. The Bertz CT molecular complexity index is 379. The maximum absolute atomic E-state index is 10.6. The molecule has 0 spiro atoms. The van der Waals surface area contributed by atoms with E-state index < -0.39 is 5.97 Å². The van der Waals surface area contributed by atoms with Crippen LogP contribution >= 0.6 is 0 Å². The summed E-state index contributed by atoms with van der Waals surface area (Å²) in [6.45, 7) is 4.25. The summed E-state index contributed by atoms with van der Waals surface area (Å²) in [6, 6.07) is 0. The van der Waals surface area contributed by atoms with Crippen molar-refractivity contribution in [1.29, 1.82) is 0 Å². The third-order valence-corrected chi connectivity index (χ3v) is 2.25. The van der Waals surface area contributed by atoms with Crippen molar-refractivity contribution in [2.75, 3.05) is 0 Å². The van der Waals surface area contributed by atoms with Gasteiger partial charge < -0.3 is 5.11 Å². The summed E-state index contributed by atoms with van der Waals surface area (Å²) in [5.41, 5.74) is 0.338. The molecule has 1 aromatic heterocycles. The molecule has 1 aromatic rings. The van der Waals surface area contributed by atoms with Crippen LogP contribution in [-0.4, -0.2) is 26.1 Å². The quantitative estimate of drug-likeness (QED) is 0.717. The topological polar surface area (TPSA) is 68.0 Å². The minimum Gasteiger partial charge on any atom is -0.478 e. The van der Waals surface area contributed by atoms with Gasteiger partial charge in [-0.05, 0) is 18.8 Å². The second kappa shape index (κ2) is 3.25. The highest BCUT2D eigenvalue weighted by atomic mass is 16.4. The van der Waals surface area contributed by atoms with Gasteiger partial charge in [0, 0.05) is 6.54 Å². The largest absolute Gasteiger partial charge is 0.478 e. The van der Waals surface area contributed by atoms with Crippen molar-refractivity contribution in [3.63, 3.8) is 0 Å². The summed E-state index contributed by atoms with van der Waals surface area (Å²) in [6.07, 6.45) is 4.10. The van der Waals surface area contributed by atoms with E-state index in [1.165, 1.54) is 12.8 Å². The number of hydrogen-bond acceptors (Lipinski definition) is 3. The first-order chi connectivity index (χ1) is 6.66. The molecule has 1 heterocycles. The first-order valence-corrected chi connectivity index (χ1v) is 4.49. The van der Waals surface area contributed by atoms with Crippen LogP contribution < -0.4 is 0 Å². The van der Waals surface area contributed by atoms with Crippen LogP contribution in [0.2, 0.25) is 0 Å². The van der Waals surface area contributed by atoms with Crippen LogP contribution in [0, 0.1) is 5.92 Å². The van der Waals surface area contributed by atoms with Gasteiger partial charge in [-0.25, -0.2) is 4.79 Å². The molecule has 1 saturated carbocycles. The highest BCUT2D eigenvalue weighted by Crippen LogP contribution is 2.30. The van der Waals surface area contributed by atoms with Gasteiger partial charge in [0.05, 0.1) is 11.8 Å². The number of hydrogen-bond donors (Lipinski definition) is 1. The average molecular weight is 193 g/mol. The van der Waals surface area contributed by atoms with E-state index in [2.05, 4.69) is 16.9 Å². The van der Waals surface area contributed by atoms with Crippen molar-refractivity contribution < 1.29 is 9.90 Å². The van der Waals surface area contributed by atoms with E-state index in [1.54, 1.807) is 10.9 Å². The maximum atomic E-state index is 10.6. The van der Waals surface area contributed by atoms with E-state index in [1.807, 2.05) is 0 Å². The molecule has 0 unspecified atom stereocenters. The molecule has 1 aliphatic rings. The van der Waals surface area contributed by atoms with Crippen LogP contribution in [0.4, 0.5) is 0 Å². The highest BCUT2D eigenvalue weighted by Gasteiger charge is 2.22. The van der Waals surface area contributed by atoms with Crippen LogP contribution in [0.15, 0.2) is 12.8 Å². The first kappa shape index (κ1) is 8.93. The Morgan fingerprint density at radius 2 is 2.43 bits per heavy atom. The van der Waals surface area contributed by atoms with Crippen LogP contribution in [0.1, 0.15) is 18.5 Å². The van der Waals surface area contributed by atoms with Gasteiger partial charge in [0.2, 0.25) is 0 Å². The summed E-state index contributed by atoms with van der Waals surface area (Å²) in [5, 5.41) is 16.3. The monoisotopic (exact) mass is 193 g/mol. The van der Waals surface area contributed by atoms with Crippen molar-refractivity contribution in [2.24, 2.45) is 5.92 Å². The normalized spacial score (nSPS) is 15.4. The summed E-state index contributed by atoms with van der Waals surface area (Å²) < 4.78 is 1.68. The highest BCUT2D eigenvalue weighted by molar-refractivity contribution is 6.13. The van der Waals surface area contributed by atoms with Gasteiger partial charge in [0.15, 0.2) is 0 Å². The summed E-state index contributed by atoms with van der Waals surface area (Å²) in [7, 11) is 0. The molecule has 1 N–H and O–H groups in total. The van der Waals surface area contributed by atoms with Gasteiger partial charge in [-0.1, -0.05) is 11.8 Å². The van der Waals surface area contributed by atoms with Crippen molar-refractivity contribution in [3.05, 3.63) is 18.5 Å². The van der Waals surface area contributed by atoms with Crippen molar-refractivity contribution in [2.45, 2.75) is 19.4 Å². The van der Waals surface area contributed by atoms with Gasteiger partial charge in [-0.15, -0.1) is 5.10 Å². The summed E-state index contributed by atoms with van der Waals surface area (Å²) >= 11 is 0. The molecule has 14 heavy (non-hydrogen) atoms. The number of carboxylic acid groups (broad SMARTS) is 1. The molecular weight excluding hydrogens is 182 g/mol. The SMILES string of the molecule is C=C(C(=O)O)c1cn(CC2CC2)nn1. The molecular formula is C9H11N3O2. The molecule has 5 heteroatoms. The third kappa shape index (κ3) is 1.81. The second-order valence-corrected chi connectivity index (χ2v) is 3.55. The van der Waals surface area contributed by atoms with Crippen molar-refractivity contribution in [1.82, 2.24) is 15.0 Å². The van der Waals surface area contributed by atoms with E-state index in [0.29, 0.717) is 11.6 Å². The minimum atomic E-state index is -1.05. The lowest BCUT2D eigenvalue weighted by Gasteiger charge is -1.94. The molecule has 0 bridgehead atoms. The fourth-order valence-corrected chi connectivity index (χ4v) is 1.20. The zero-order valence-corrected chi connectivity index (χ0v) is 7.68. The van der Waals surface area contributed by atoms with Crippen LogP contribution in [0.25, 0.3) is 5.57 Å². The molecule has 0 amide bonds. The Labute approximate surface area is 81.0 Å². The van der Waals surface area contributed by atoms with E-state index in [0.717, 1.165) is 6.54 Å². The number of aliphatic carboxylic acids is 1. The molecule has 74 valence electrons. The van der Waals surface area contributed by atoms with Gasteiger partial charge >= 0.3 is 5.97 Å². The summed E-state index contributed by atoms with van der Waals surface area (Å²) in [4.78, 5) is 10.6. The molecule has 5 nitrogen and oxygen atoms in total. The Hall–Kier alpha value is -1.65. The van der Waals surface area contributed by atoms with Crippen molar-refractivity contribution in [3.8, 4) is 0 Å². The van der Waals surface area contributed by atoms with E-state index in [9.17, 15) is 4.79 Å². The average Bonchev–Trinajstić information content (AvgIpc) is 2.81. The lowest BCUT2D eigenvalue weighted by molar-refractivity contribution is -0.130. The molecule has 1 aliphatic carbocycles. The number of nitrogens with zero attached hydrogens (tertiary/aromatic N) is 3. The zero-order chi connectivity index (χ0) is 10.1. The van der Waals surface area contributed by atoms with Gasteiger partial charge in [-0.2, -0.15) is 0 Å². The fraction of sp³-hybridized carbons (Fsp3) is 0.444. The number of carboxylic acids is 1. The summed E-state index contributed by atoms with van der Waals surface area (Å²) in [5.74, 6) is -0.355. The molecule has 0 radical (unpaired) electrons. The number of rotatable bonds is 4. The van der Waals surface area contributed by atoms with Gasteiger partial charge in [0.25, 0.3) is 0 Å². The lowest BCUT2D eigenvalue weighted by Crippen LogP contribution is -2.00. The van der Waals surface area contributed by atoms with Crippen molar-refractivity contribution >= 4 is 11.5 Å². The Morgan fingerprint density at radius 1 is 1.71 bits per heavy atom. The fourth-order valence-electron chi connectivity index (χ4n) is 1.20.